The average Bonchev–Trinajstić information content (AvgIpc) is 3.07. The van der Waals surface area contributed by atoms with Crippen molar-refractivity contribution in [3.8, 4) is 0 Å². The van der Waals surface area contributed by atoms with E-state index >= 15 is 0 Å². The molecule has 0 spiro atoms. The van der Waals surface area contributed by atoms with E-state index in [2.05, 4.69) is 6.58 Å². The van der Waals surface area contributed by atoms with Gasteiger partial charge in [0.15, 0.2) is 0 Å². The molecule has 0 unspecified atom stereocenters. The minimum atomic E-state index is -4.08. The smallest absolute Gasteiger partial charge is 0.311 e. The highest BCUT2D eigenvalue weighted by molar-refractivity contribution is 7.89. The van der Waals surface area contributed by atoms with Crippen LogP contribution in [0.1, 0.15) is 22.7 Å². The van der Waals surface area contributed by atoms with Gasteiger partial charge in [0.2, 0.25) is 0 Å². The molecule has 0 N–H and O–H groups in total. The molecule has 0 saturated carbocycles. The standard InChI is InChI=1S/C25H24N2O3S/c1-3-23-24(21-12-8-5-9-13-21)27(31(29,30)22-16-14-19(2)15-17-22)25(28)26(23)18-20-10-6-4-7-11-20/h3-17,23-24H,1,18H2,2H3/t23-,24-/m1/s1. The number of benzene rings is 3. The maximum atomic E-state index is 13.6. The largest absolute Gasteiger partial charge is 0.335 e. The molecule has 1 saturated heterocycles. The van der Waals surface area contributed by atoms with Crippen molar-refractivity contribution < 1.29 is 13.2 Å². The van der Waals surface area contributed by atoms with Crippen molar-refractivity contribution in [3.63, 3.8) is 0 Å². The summed E-state index contributed by atoms with van der Waals surface area (Å²) in [4.78, 5) is 15.2. The Hall–Kier alpha value is -3.38. The Kier molecular flexibility index (Phi) is 5.65. The number of carbonyl (C=O) groups is 1. The second-order valence-corrected chi connectivity index (χ2v) is 9.41. The Morgan fingerprint density at radius 2 is 1.48 bits per heavy atom. The molecule has 3 aromatic rings. The molecule has 2 atom stereocenters. The van der Waals surface area contributed by atoms with Crippen molar-refractivity contribution in [2.24, 2.45) is 0 Å². The van der Waals surface area contributed by atoms with Crippen LogP contribution in [-0.4, -0.2) is 29.7 Å². The number of amides is 2. The summed E-state index contributed by atoms with van der Waals surface area (Å²) in [6.07, 6.45) is 1.66. The molecule has 0 radical (unpaired) electrons. The quantitative estimate of drug-likeness (QED) is 0.520. The third kappa shape index (κ3) is 3.86. The first-order valence-electron chi connectivity index (χ1n) is 10.1. The van der Waals surface area contributed by atoms with E-state index in [0.717, 1.165) is 21.0 Å². The van der Waals surface area contributed by atoms with Gasteiger partial charge in [-0.2, -0.15) is 0 Å². The molecule has 1 heterocycles. The summed E-state index contributed by atoms with van der Waals surface area (Å²) in [5.74, 6) is 0. The third-order valence-corrected chi connectivity index (χ3v) is 7.30. The van der Waals surface area contributed by atoms with Gasteiger partial charge in [0.25, 0.3) is 10.0 Å². The van der Waals surface area contributed by atoms with Crippen molar-refractivity contribution >= 4 is 16.1 Å². The molecular weight excluding hydrogens is 408 g/mol. The maximum absolute atomic E-state index is 13.6. The molecule has 3 aromatic carbocycles. The van der Waals surface area contributed by atoms with E-state index in [4.69, 9.17) is 0 Å². The zero-order chi connectivity index (χ0) is 22.0. The summed E-state index contributed by atoms with van der Waals surface area (Å²) < 4.78 is 28.3. The lowest BCUT2D eigenvalue weighted by atomic mass is 10.00. The van der Waals surface area contributed by atoms with E-state index in [1.54, 1.807) is 35.2 Å². The van der Waals surface area contributed by atoms with Crippen molar-refractivity contribution in [3.05, 3.63) is 114 Å². The predicted molar refractivity (Wildman–Crippen MR) is 121 cm³/mol. The van der Waals surface area contributed by atoms with Crippen LogP contribution in [0.3, 0.4) is 0 Å². The Labute approximate surface area is 183 Å². The van der Waals surface area contributed by atoms with E-state index in [-0.39, 0.29) is 4.90 Å². The molecule has 4 rings (SSSR count). The Balaban J connectivity index is 1.83. The van der Waals surface area contributed by atoms with Crippen LogP contribution < -0.4 is 0 Å². The fourth-order valence-electron chi connectivity index (χ4n) is 3.95. The lowest BCUT2D eigenvalue weighted by Gasteiger charge is -2.26. The lowest BCUT2D eigenvalue weighted by molar-refractivity contribution is 0.199. The number of sulfonamides is 1. The van der Waals surface area contributed by atoms with Crippen LogP contribution in [0.15, 0.2) is 102 Å². The molecule has 2 amide bonds. The first-order chi connectivity index (χ1) is 14.9. The van der Waals surface area contributed by atoms with Gasteiger partial charge in [-0.3, -0.25) is 0 Å². The third-order valence-electron chi connectivity index (χ3n) is 5.53. The Morgan fingerprint density at radius 1 is 0.903 bits per heavy atom. The monoisotopic (exact) mass is 432 g/mol. The maximum Gasteiger partial charge on any atom is 0.335 e. The van der Waals surface area contributed by atoms with Crippen LogP contribution in [-0.2, 0) is 16.6 Å². The van der Waals surface area contributed by atoms with Crippen molar-refractivity contribution in [1.29, 1.82) is 0 Å². The fraction of sp³-hybridized carbons (Fsp3) is 0.160. The highest BCUT2D eigenvalue weighted by Gasteiger charge is 2.51. The zero-order valence-electron chi connectivity index (χ0n) is 17.3. The topological polar surface area (TPSA) is 57.7 Å². The number of hydrogen-bond donors (Lipinski definition) is 0. The number of rotatable bonds is 6. The van der Waals surface area contributed by atoms with E-state index in [1.807, 2.05) is 67.6 Å². The number of aryl methyl sites for hydroxylation is 1. The summed E-state index contributed by atoms with van der Waals surface area (Å²) in [5.41, 5.74) is 2.61. The first kappa shape index (κ1) is 20.9. The van der Waals surface area contributed by atoms with Crippen LogP contribution in [0, 0.1) is 6.92 Å². The SMILES string of the molecule is C=C[C@@H]1[C@@H](c2ccccc2)N(S(=O)(=O)c2ccc(C)cc2)C(=O)N1Cc1ccccc1. The minimum absolute atomic E-state index is 0.0942. The van der Waals surface area contributed by atoms with Gasteiger partial charge in [-0.15, -0.1) is 6.58 Å². The molecule has 31 heavy (non-hydrogen) atoms. The number of nitrogens with zero attached hydrogens (tertiary/aromatic N) is 2. The van der Waals surface area contributed by atoms with E-state index < -0.39 is 28.1 Å². The molecule has 5 nitrogen and oxygen atoms in total. The average molecular weight is 433 g/mol. The highest BCUT2D eigenvalue weighted by atomic mass is 32.2. The van der Waals surface area contributed by atoms with Crippen molar-refractivity contribution in [2.45, 2.75) is 30.4 Å². The molecule has 0 aliphatic carbocycles. The summed E-state index contributed by atoms with van der Waals surface area (Å²) in [7, 11) is -4.08. The zero-order valence-corrected chi connectivity index (χ0v) is 18.1. The molecule has 1 aliphatic heterocycles. The normalized spacial score (nSPS) is 18.9. The fourth-order valence-corrected chi connectivity index (χ4v) is 5.51. The first-order valence-corrected chi connectivity index (χ1v) is 11.5. The van der Waals surface area contributed by atoms with Crippen LogP contribution >= 0.6 is 0 Å². The van der Waals surface area contributed by atoms with Crippen molar-refractivity contribution in [1.82, 2.24) is 9.21 Å². The molecular formula is C25H24N2O3S. The lowest BCUT2D eigenvalue weighted by Crippen LogP contribution is -2.37. The van der Waals surface area contributed by atoms with Gasteiger partial charge in [0.05, 0.1) is 17.0 Å². The van der Waals surface area contributed by atoms with E-state index in [1.165, 1.54) is 0 Å². The molecule has 0 bridgehead atoms. The van der Waals surface area contributed by atoms with Gasteiger partial charge < -0.3 is 4.90 Å². The highest BCUT2D eigenvalue weighted by Crippen LogP contribution is 2.40. The van der Waals surface area contributed by atoms with Crippen LogP contribution in [0.4, 0.5) is 4.79 Å². The molecule has 1 fully saturated rings. The Bertz CT molecular complexity index is 1180. The Morgan fingerprint density at radius 3 is 2.06 bits per heavy atom. The number of urea groups is 1. The molecule has 0 aromatic heterocycles. The number of hydrogen-bond acceptors (Lipinski definition) is 3. The summed E-state index contributed by atoms with van der Waals surface area (Å²) in [5, 5.41) is 0. The molecule has 6 heteroatoms. The van der Waals surface area contributed by atoms with Crippen LogP contribution in [0.2, 0.25) is 0 Å². The van der Waals surface area contributed by atoms with Gasteiger partial charge in [0.1, 0.15) is 0 Å². The van der Waals surface area contributed by atoms with Crippen molar-refractivity contribution in [2.75, 3.05) is 0 Å². The van der Waals surface area contributed by atoms with Gasteiger partial charge in [-0.25, -0.2) is 17.5 Å². The summed E-state index contributed by atoms with van der Waals surface area (Å²) in [6.45, 7) is 6.11. The summed E-state index contributed by atoms with van der Waals surface area (Å²) >= 11 is 0. The van der Waals surface area contributed by atoms with Gasteiger partial charge in [-0.1, -0.05) is 84.4 Å². The van der Waals surface area contributed by atoms with Gasteiger partial charge >= 0.3 is 6.03 Å². The number of carbonyl (C=O) groups excluding carboxylic acids is 1. The van der Waals surface area contributed by atoms with Crippen LogP contribution in [0.5, 0.6) is 0 Å². The van der Waals surface area contributed by atoms with Crippen LogP contribution in [0.25, 0.3) is 0 Å². The second-order valence-electron chi connectivity index (χ2n) is 7.59. The minimum Gasteiger partial charge on any atom is -0.311 e. The second kappa shape index (κ2) is 8.40. The van der Waals surface area contributed by atoms with E-state index in [9.17, 15) is 13.2 Å². The van der Waals surface area contributed by atoms with E-state index in [0.29, 0.717) is 6.54 Å². The predicted octanol–water partition coefficient (Wildman–Crippen LogP) is 4.92. The molecule has 158 valence electrons. The van der Waals surface area contributed by atoms with Gasteiger partial charge in [-0.05, 0) is 30.2 Å². The van der Waals surface area contributed by atoms with Gasteiger partial charge in [0, 0.05) is 6.54 Å². The molecule has 1 aliphatic rings. The summed E-state index contributed by atoms with van der Waals surface area (Å²) in [6, 6.07) is 23.6.